The van der Waals surface area contributed by atoms with Crippen molar-refractivity contribution in [3.05, 3.63) is 58.9 Å². The number of aliphatic hydroxyl groups excluding tert-OH is 1. The number of hydrogen-bond acceptors (Lipinski definition) is 2. The fourth-order valence-electron chi connectivity index (χ4n) is 2.87. The molecular formula is C16H18F2N2O. The molecule has 0 radical (unpaired) electrons. The quantitative estimate of drug-likeness (QED) is 0.810. The molecule has 5 heteroatoms. The standard InChI is InChI=1S/C16H18F2N2O/c17-12-5-10(6-13(18)7-12)1-2-16(21)15-8-14-11(9-20-15)3-4-19-14/h3-7,15-16,19-21H,1-2,8-9H2. The Morgan fingerprint density at radius 2 is 2.00 bits per heavy atom. The molecule has 0 spiro atoms. The first-order valence-corrected chi connectivity index (χ1v) is 7.13. The smallest absolute Gasteiger partial charge is 0.126 e. The predicted molar refractivity (Wildman–Crippen MR) is 75.8 cm³/mol. The Morgan fingerprint density at radius 1 is 1.24 bits per heavy atom. The maximum atomic E-state index is 13.1. The highest BCUT2D eigenvalue weighted by Gasteiger charge is 2.24. The second-order valence-electron chi connectivity index (χ2n) is 5.56. The predicted octanol–water partition coefficient (Wildman–Crippen LogP) is 2.30. The van der Waals surface area contributed by atoms with Gasteiger partial charge in [-0.1, -0.05) is 0 Å². The molecule has 0 saturated carbocycles. The largest absolute Gasteiger partial charge is 0.391 e. The lowest BCUT2D eigenvalue weighted by Gasteiger charge is -2.28. The van der Waals surface area contributed by atoms with Gasteiger partial charge in [0, 0.05) is 37.0 Å². The zero-order valence-corrected chi connectivity index (χ0v) is 11.6. The number of aryl methyl sites for hydroxylation is 1. The van der Waals surface area contributed by atoms with Gasteiger partial charge in [-0.2, -0.15) is 0 Å². The van der Waals surface area contributed by atoms with Crippen LogP contribution in [0.25, 0.3) is 0 Å². The summed E-state index contributed by atoms with van der Waals surface area (Å²) in [6.07, 6.45) is 3.01. The molecule has 1 aromatic heterocycles. The third-order valence-electron chi connectivity index (χ3n) is 4.02. The van der Waals surface area contributed by atoms with Gasteiger partial charge < -0.3 is 15.4 Å². The van der Waals surface area contributed by atoms with Crippen molar-refractivity contribution in [1.29, 1.82) is 0 Å². The fourth-order valence-corrected chi connectivity index (χ4v) is 2.87. The topological polar surface area (TPSA) is 48.0 Å². The molecule has 3 N–H and O–H groups in total. The summed E-state index contributed by atoms with van der Waals surface area (Å²) >= 11 is 0. The van der Waals surface area contributed by atoms with E-state index in [1.807, 2.05) is 12.3 Å². The van der Waals surface area contributed by atoms with Crippen molar-refractivity contribution >= 4 is 0 Å². The van der Waals surface area contributed by atoms with Crippen molar-refractivity contribution in [3.8, 4) is 0 Å². The fraction of sp³-hybridized carbons (Fsp3) is 0.375. The number of aromatic nitrogens is 1. The van der Waals surface area contributed by atoms with Crippen LogP contribution in [0.2, 0.25) is 0 Å². The van der Waals surface area contributed by atoms with Crippen LogP contribution in [0, 0.1) is 11.6 Å². The molecule has 0 amide bonds. The zero-order valence-electron chi connectivity index (χ0n) is 11.6. The lowest BCUT2D eigenvalue weighted by atomic mass is 9.94. The lowest BCUT2D eigenvalue weighted by Crippen LogP contribution is -2.44. The highest BCUT2D eigenvalue weighted by atomic mass is 19.1. The number of halogens is 2. The van der Waals surface area contributed by atoms with Gasteiger partial charge in [-0.3, -0.25) is 0 Å². The van der Waals surface area contributed by atoms with Gasteiger partial charge in [0.05, 0.1) is 6.10 Å². The minimum atomic E-state index is -0.577. The van der Waals surface area contributed by atoms with Crippen LogP contribution < -0.4 is 5.32 Å². The Kier molecular flexibility index (Phi) is 4.03. The van der Waals surface area contributed by atoms with Crippen LogP contribution >= 0.6 is 0 Å². The van der Waals surface area contributed by atoms with Crippen LogP contribution in [0.5, 0.6) is 0 Å². The van der Waals surface area contributed by atoms with Crippen molar-refractivity contribution < 1.29 is 13.9 Å². The van der Waals surface area contributed by atoms with Crippen LogP contribution in [0.1, 0.15) is 23.2 Å². The second kappa shape index (κ2) is 5.95. The Labute approximate surface area is 122 Å². The van der Waals surface area contributed by atoms with E-state index in [0.29, 0.717) is 18.4 Å². The number of nitrogens with one attached hydrogen (secondary N) is 2. The average Bonchev–Trinajstić information content (AvgIpc) is 2.91. The highest BCUT2D eigenvalue weighted by Crippen LogP contribution is 2.19. The lowest BCUT2D eigenvalue weighted by molar-refractivity contribution is 0.113. The number of rotatable bonds is 4. The Morgan fingerprint density at radius 3 is 2.76 bits per heavy atom. The minimum Gasteiger partial charge on any atom is -0.391 e. The summed E-state index contributed by atoms with van der Waals surface area (Å²) in [4.78, 5) is 3.18. The minimum absolute atomic E-state index is 0.0328. The van der Waals surface area contributed by atoms with Crippen LogP contribution in [-0.4, -0.2) is 22.2 Å². The molecule has 0 aliphatic carbocycles. The van der Waals surface area contributed by atoms with E-state index in [2.05, 4.69) is 10.3 Å². The van der Waals surface area contributed by atoms with Crippen molar-refractivity contribution in [2.45, 2.75) is 38.0 Å². The van der Waals surface area contributed by atoms with Crippen LogP contribution in [0.15, 0.2) is 30.5 Å². The molecule has 2 atom stereocenters. The third kappa shape index (κ3) is 3.31. The van der Waals surface area contributed by atoms with Gasteiger partial charge in [-0.25, -0.2) is 8.78 Å². The van der Waals surface area contributed by atoms with E-state index in [1.165, 1.54) is 17.7 Å². The third-order valence-corrected chi connectivity index (χ3v) is 4.02. The van der Waals surface area contributed by atoms with Gasteiger partial charge in [0.2, 0.25) is 0 Å². The second-order valence-corrected chi connectivity index (χ2v) is 5.56. The molecule has 0 fully saturated rings. The van der Waals surface area contributed by atoms with E-state index < -0.39 is 17.7 Å². The number of aromatic amines is 1. The van der Waals surface area contributed by atoms with Crippen molar-refractivity contribution in [2.75, 3.05) is 0 Å². The molecule has 21 heavy (non-hydrogen) atoms. The normalized spacial score (nSPS) is 19.3. The molecule has 1 aliphatic heterocycles. The highest BCUT2D eigenvalue weighted by molar-refractivity contribution is 5.24. The van der Waals surface area contributed by atoms with E-state index in [4.69, 9.17) is 0 Å². The summed E-state index contributed by atoms with van der Waals surface area (Å²) in [6, 6.07) is 5.48. The first-order valence-electron chi connectivity index (χ1n) is 7.13. The van der Waals surface area contributed by atoms with Gasteiger partial charge in [-0.05, 0) is 42.2 Å². The number of benzene rings is 1. The Bertz CT molecular complexity index is 606. The molecule has 3 rings (SSSR count). The average molecular weight is 292 g/mol. The molecule has 3 nitrogen and oxygen atoms in total. The SMILES string of the molecule is OC(CCc1cc(F)cc(F)c1)C1Cc2[nH]ccc2CN1. The molecule has 1 aromatic carbocycles. The summed E-state index contributed by atoms with van der Waals surface area (Å²) in [6.45, 7) is 0.731. The van der Waals surface area contributed by atoms with E-state index in [1.54, 1.807) is 0 Å². The number of hydrogen-bond donors (Lipinski definition) is 3. The van der Waals surface area contributed by atoms with Gasteiger partial charge in [0.25, 0.3) is 0 Å². The Balaban J connectivity index is 1.58. The van der Waals surface area contributed by atoms with Gasteiger partial charge in [0.1, 0.15) is 11.6 Å². The van der Waals surface area contributed by atoms with E-state index >= 15 is 0 Å². The monoisotopic (exact) mass is 292 g/mol. The van der Waals surface area contributed by atoms with Crippen molar-refractivity contribution in [2.24, 2.45) is 0 Å². The molecule has 2 heterocycles. The molecular weight excluding hydrogens is 274 g/mol. The van der Waals surface area contributed by atoms with E-state index in [0.717, 1.165) is 24.7 Å². The number of H-pyrrole nitrogens is 1. The maximum Gasteiger partial charge on any atom is 0.126 e. The molecule has 2 unspecified atom stereocenters. The molecule has 112 valence electrons. The first kappa shape index (κ1) is 14.2. The summed E-state index contributed by atoms with van der Waals surface area (Å²) in [5.74, 6) is -1.15. The zero-order chi connectivity index (χ0) is 14.8. The van der Waals surface area contributed by atoms with Crippen LogP contribution in [-0.2, 0) is 19.4 Å². The summed E-state index contributed by atoms with van der Waals surface area (Å²) < 4.78 is 26.2. The molecule has 0 bridgehead atoms. The number of fused-ring (bicyclic) bond motifs is 1. The van der Waals surface area contributed by atoms with Crippen molar-refractivity contribution in [3.63, 3.8) is 0 Å². The summed E-state index contributed by atoms with van der Waals surface area (Å²) in [7, 11) is 0. The first-order chi connectivity index (χ1) is 10.1. The molecule has 1 aliphatic rings. The molecule has 2 aromatic rings. The van der Waals surface area contributed by atoms with Gasteiger partial charge in [0.15, 0.2) is 0 Å². The Hall–Kier alpha value is -1.72. The maximum absolute atomic E-state index is 13.1. The molecule has 0 saturated heterocycles. The van der Waals surface area contributed by atoms with Gasteiger partial charge >= 0.3 is 0 Å². The van der Waals surface area contributed by atoms with Gasteiger partial charge in [-0.15, -0.1) is 0 Å². The summed E-state index contributed by atoms with van der Waals surface area (Å²) in [5.41, 5.74) is 2.95. The van der Waals surface area contributed by atoms with E-state index in [-0.39, 0.29) is 6.04 Å². The summed E-state index contributed by atoms with van der Waals surface area (Å²) in [5, 5.41) is 13.6. The number of aliphatic hydroxyl groups is 1. The van der Waals surface area contributed by atoms with Crippen LogP contribution in [0.4, 0.5) is 8.78 Å². The van der Waals surface area contributed by atoms with Crippen molar-refractivity contribution in [1.82, 2.24) is 10.3 Å². The van der Waals surface area contributed by atoms with E-state index in [9.17, 15) is 13.9 Å². The van der Waals surface area contributed by atoms with Crippen LogP contribution in [0.3, 0.4) is 0 Å².